The molecule has 4 heteroatoms. The maximum Gasteiger partial charge on any atom is 0.303 e. The first-order valence-corrected chi connectivity index (χ1v) is 7.19. The molecule has 0 amide bonds. The van der Waals surface area contributed by atoms with Crippen molar-refractivity contribution in [1.82, 2.24) is 0 Å². The lowest BCUT2D eigenvalue weighted by atomic mass is 9.92. The van der Waals surface area contributed by atoms with Crippen LogP contribution in [0.4, 0.5) is 0 Å². The monoisotopic (exact) mass is 256 g/mol. The number of carboxylic acids is 1. The van der Waals surface area contributed by atoms with E-state index in [1.165, 1.54) is 0 Å². The Kier molecular flexibility index (Phi) is 4.62. The second kappa shape index (κ2) is 6.02. The van der Waals surface area contributed by atoms with Gasteiger partial charge in [0.25, 0.3) is 0 Å². The van der Waals surface area contributed by atoms with Crippen molar-refractivity contribution in [3.8, 4) is 0 Å². The number of carbonyl (C=O) groups is 1. The van der Waals surface area contributed by atoms with Gasteiger partial charge in [0.2, 0.25) is 0 Å². The highest BCUT2D eigenvalue weighted by Gasteiger charge is 2.58. The maximum atomic E-state index is 10.3. The van der Waals surface area contributed by atoms with Crippen molar-refractivity contribution in [2.75, 3.05) is 0 Å². The Morgan fingerprint density at radius 1 is 0.944 bits per heavy atom. The SMILES string of the molecule is O=C(O)CCCCCCCC1C(O)C2CC2C1O. The predicted octanol–water partition coefficient (Wildman–Crippen LogP) is 1.79. The topological polar surface area (TPSA) is 77.8 Å². The van der Waals surface area contributed by atoms with Crippen molar-refractivity contribution in [3.05, 3.63) is 0 Å². The van der Waals surface area contributed by atoms with E-state index in [9.17, 15) is 15.0 Å². The molecule has 0 aromatic carbocycles. The van der Waals surface area contributed by atoms with E-state index in [1.807, 2.05) is 0 Å². The van der Waals surface area contributed by atoms with Crippen molar-refractivity contribution in [2.24, 2.45) is 17.8 Å². The fourth-order valence-corrected chi connectivity index (χ4v) is 3.39. The van der Waals surface area contributed by atoms with Crippen LogP contribution in [0.5, 0.6) is 0 Å². The summed E-state index contributed by atoms with van der Waals surface area (Å²) in [4.78, 5) is 10.3. The largest absolute Gasteiger partial charge is 0.481 e. The average Bonchev–Trinajstić information content (AvgIpc) is 3.06. The van der Waals surface area contributed by atoms with Crippen molar-refractivity contribution >= 4 is 5.97 Å². The van der Waals surface area contributed by atoms with Crippen LogP contribution in [0, 0.1) is 17.8 Å². The van der Waals surface area contributed by atoms with Gasteiger partial charge in [-0.3, -0.25) is 4.79 Å². The standard InChI is InChI=1S/C14H24O4/c15-12(16)7-5-3-1-2-4-6-9-13(17)10-8-11(10)14(9)18/h9-11,13-14,17-18H,1-8H2,(H,15,16). The van der Waals surface area contributed by atoms with E-state index in [2.05, 4.69) is 0 Å². The molecule has 0 radical (unpaired) electrons. The Labute approximate surface area is 108 Å². The number of aliphatic hydroxyl groups excluding tert-OH is 2. The molecular formula is C14H24O4. The molecule has 3 N–H and O–H groups in total. The first kappa shape index (κ1) is 13.8. The van der Waals surface area contributed by atoms with Crippen LogP contribution in [0.1, 0.15) is 51.4 Å². The third-order valence-corrected chi connectivity index (χ3v) is 4.57. The van der Waals surface area contributed by atoms with Gasteiger partial charge in [0.05, 0.1) is 12.2 Å². The van der Waals surface area contributed by atoms with Crippen LogP contribution in [-0.2, 0) is 4.79 Å². The molecule has 0 aliphatic heterocycles. The maximum absolute atomic E-state index is 10.3. The van der Waals surface area contributed by atoms with E-state index in [-0.39, 0.29) is 24.5 Å². The molecule has 0 heterocycles. The molecule has 2 aliphatic rings. The minimum Gasteiger partial charge on any atom is -0.481 e. The van der Waals surface area contributed by atoms with Crippen LogP contribution in [0.2, 0.25) is 0 Å². The average molecular weight is 256 g/mol. The van der Waals surface area contributed by atoms with Crippen molar-refractivity contribution < 1.29 is 20.1 Å². The summed E-state index contributed by atoms with van der Waals surface area (Å²) in [6, 6.07) is 0. The fraction of sp³-hybridized carbons (Fsp3) is 0.929. The fourth-order valence-electron chi connectivity index (χ4n) is 3.39. The van der Waals surface area contributed by atoms with Crippen molar-refractivity contribution in [2.45, 2.75) is 63.6 Å². The van der Waals surface area contributed by atoms with Crippen LogP contribution in [-0.4, -0.2) is 33.5 Å². The third-order valence-electron chi connectivity index (χ3n) is 4.57. The summed E-state index contributed by atoms with van der Waals surface area (Å²) in [7, 11) is 0. The number of aliphatic hydroxyl groups is 2. The number of aliphatic carboxylic acids is 1. The first-order chi connectivity index (χ1) is 8.61. The zero-order valence-electron chi connectivity index (χ0n) is 10.8. The third kappa shape index (κ3) is 3.23. The van der Waals surface area contributed by atoms with E-state index in [4.69, 9.17) is 5.11 Å². The number of unbranched alkanes of at least 4 members (excludes halogenated alkanes) is 4. The molecule has 4 atom stereocenters. The van der Waals surface area contributed by atoms with E-state index < -0.39 is 5.97 Å². The zero-order chi connectivity index (χ0) is 13.1. The summed E-state index contributed by atoms with van der Waals surface area (Å²) in [6.07, 6.45) is 6.51. The molecule has 0 spiro atoms. The van der Waals surface area contributed by atoms with E-state index >= 15 is 0 Å². The number of fused-ring (bicyclic) bond motifs is 1. The van der Waals surface area contributed by atoms with Gasteiger partial charge in [-0.1, -0.05) is 25.7 Å². The zero-order valence-corrected chi connectivity index (χ0v) is 10.8. The van der Waals surface area contributed by atoms with Gasteiger partial charge >= 0.3 is 5.97 Å². The number of carboxylic acid groups (broad SMARTS) is 1. The number of hydrogen-bond acceptors (Lipinski definition) is 3. The van der Waals surface area contributed by atoms with Gasteiger partial charge in [0.1, 0.15) is 0 Å². The Morgan fingerprint density at radius 2 is 1.50 bits per heavy atom. The van der Waals surface area contributed by atoms with Gasteiger partial charge in [-0.15, -0.1) is 0 Å². The highest BCUT2D eigenvalue weighted by atomic mass is 16.4. The van der Waals surface area contributed by atoms with Gasteiger partial charge in [-0.05, 0) is 31.1 Å². The van der Waals surface area contributed by atoms with Crippen LogP contribution < -0.4 is 0 Å². The number of hydrogen-bond donors (Lipinski definition) is 3. The highest BCUT2D eigenvalue weighted by molar-refractivity contribution is 5.66. The minimum atomic E-state index is -0.716. The van der Waals surface area contributed by atoms with Gasteiger partial charge < -0.3 is 15.3 Å². The molecule has 0 aromatic heterocycles. The Balaban J connectivity index is 1.50. The van der Waals surface area contributed by atoms with Crippen molar-refractivity contribution in [1.29, 1.82) is 0 Å². The molecule has 2 fully saturated rings. The van der Waals surface area contributed by atoms with E-state index in [0.717, 1.165) is 44.9 Å². The lowest BCUT2D eigenvalue weighted by molar-refractivity contribution is -0.137. The Morgan fingerprint density at radius 3 is 2.11 bits per heavy atom. The normalized spacial score (nSPS) is 37.6. The molecule has 0 aromatic rings. The molecule has 2 aliphatic carbocycles. The van der Waals surface area contributed by atoms with Crippen LogP contribution in [0.25, 0.3) is 0 Å². The predicted molar refractivity (Wildman–Crippen MR) is 67.1 cm³/mol. The smallest absolute Gasteiger partial charge is 0.303 e. The van der Waals surface area contributed by atoms with Crippen LogP contribution >= 0.6 is 0 Å². The second-order valence-corrected chi connectivity index (χ2v) is 5.91. The van der Waals surface area contributed by atoms with Gasteiger partial charge in [0, 0.05) is 12.3 Å². The van der Waals surface area contributed by atoms with Gasteiger partial charge in [-0.25, -0.2) is 0 Å². The lowest BCUT2D eigenvalue weighted by Gasteiger charge is -2.21. The molecule has 2 rings (SSSR count). The van der Waals surface area contributed by atoms with Crippen molar-refractivity contribution in [3.63, 3.8) is 0 Å². The molecule has 18 heavy (non-hydrogen) atoms. The summed E-state index contributed by atoms with van der Waals surface area (Å²) in [5, 5.41) is 28.4. The summed E-state index contributed by atoms with van der Waals surface area (Å²) in [6.45, 7) is 0. The molecule has 4 nitrogen and oxygen atoms in total. The quantitative estimate of drug-likeness (QED) is 0.579. The summed E-state index contributed by atoms with van der Waals surface area (Å²) >= 11 is 0. The Hall–Kier alpha value is -0.610. The summed E-state index contributed by atoms with van der Waals surface area (Å²) in [5.41, 5.74) is 0. The Bertz CT molecular complexity index is 278. The number of rotatable bonds is 8. The molecule has 0 bridgehead atoms. The first-order valence-electron chi connectivity index (χ1n) is 7.19. The lowest BCUT2D eigenvalue weighted by Crippen LogP contribution is -2.27. The molecule has 0 saturated heterocycles. The highest BCUT2D eigenvalue weighted by Crippen LogP contribution is 2.55. The minimum absolute atomic E-state index is 0.0905. The summed E-state index contributed by atoms with van der Waals surface area (Å²) < 4.78 is 0. The molecule has 104 valence electrons. The van der Waals surface area contributed by atoms with E-state index in [0.29, 0.717) is 11.8 Å². The van der Waals surface area contributed by atoms with Gasteiger partial charge in [-0.2, -0.15) is 0 Å². The van der Waals surface area contributed by atoms with Gasteiger partial charge in [0.15, 0.2) is 0 Å². The van der Waals surface area contributed by atoms with Crippen LogP contribution in [0.15, 0.2) is 0 Å². The second-order valence-electron chi connectivity index (χ2n) is 5.91. The van der Waals surface area contributed by atoms with E-state index in [1.54, 1.807) is 0 Å². The summed E-state index contributed by atoms with van der Waals surface area (Å²) in [5.74, 6) is 0.125. The molecular weight excluding hydrogens is 232 g/mol. The molecule has 2 saturated carbocycles. The van der Waals surface area contributed by atoms with Crippen LogP contribution in [0.3, 0.4) is 0 Å². The molecule has 4 unspecified atom stereocenters.